The van der Waals surface area contributed by atoms with E-state index in [0.717, 1.165) is 24.2 Å². The highest BCUT2D eigenvalue weighted by molar-refractivity contribution is 5.74. The molecule has 116 valence electrons. The van der Waals surface area contributed by atoms with Gasteiger partial charge in [0.2, 0.25) is 0 Å². The highest BCUT2D eigenvalue weighted by Crippen LogP contribution is 2.17. The standard InChI is InChI=1S/C16H21N5O/c22-16(20-14-4-2-1-3-5-14)19-11-13-6-7-15(18-10-13)21-9-8-17-12-21/h6-10,12,14H,1-5,11H2,(H2,19,20,22). The van der Waals surface area contributed by atoms with E-state index in [1.165, 1.54) is 19.3 Å². The number of carbonyl (C=O) groups is 1. The molecule has 0 spiro atoms. The fourth-order valence-corrected chi connectivity index (χ4v) is 2.73. The van der Waals surface area contributed by atoms with Crippen molar-refractivity contribution in [2.75, 3.05) is 0 Å². The Balaban J connectivity index is 1.47. The van der Waals surface area contributed by atoms with E-state index < -0.39 is 0 Å². The van der Waals surface area contributed by atoms with Crippen LogP contribution in [0.2, 0.25) is 0 Å². The van der Waals surface area contributed by atoms with Crippen molar-refractivity contribution < 1.29 is 4.79 Å². The number of imidazole rings is 1. The van der Waals surface area contributed by atoms with Gasteiger partial charge in [0.25, 0.3) is 0 Å². The Morgan fingerprint density at radius 1 is 1.27 bits per heavy atom. The van der Waals surface area contributed by atoms with Gasteiger partial charge >= 0.3 is 6.03 Å². The molecule has 2 N–H and O–H groups in total. The molecule has 1 aliphatic rings. The maximum absolute atomic E-state index is 11.9. The largest absolute Gasteiger partial charge is 0.335 e. The third-order valence-corrected chi connectivity index (χ3v) is 3.97. The van der Waals surface area contributed by atoms with Crippen LogP contribution in [0.1, 0.15) is 37.7 Å². The average Bonchev–Trinajstić information content (AvgIpc) is 3.09. The molecule has 6 heteroatoms. The van der Waals surface area contributed by atoms with Crippen molar-refractivity contribution in [3.05, 3.63) is 42.6 Å². The molecular formula is C16H21N5O. The number of urea groups is 1. The van der Waals surface area contributed by atoms with Crippen molar-refractivity contribution >= 4 is 6.03 Å². The van der Waals surface area contributed by atoms with E-state index in [1.54, 1.807) is 18.7 Å². The van der Waals surface area contributed by atoms with Gasteiger partial charge < -0.3 is 10.6 Å². The number of hydrogen-bond donors (Lipinski definition) is 2. The smallest absolute Gasteiger partial charge is 0.315 e. The number of pyridine rings is 1. The van der Waals surface area contributed by atoms with E-state index in [0.29, 0.717) is 12.6 Å². The predicted molar refractivity (Wildman–Crippen MR) is 83.6 cm³/mol. The topological polar surface area (TPSA) is 71.8 Å². The molecule has 0 aromatic carbocycles. The minimum absolute atomic E-state index is 0.0920. The molecule has 0 aliphatic heterocycles. The molecule has 1 fully saturated rings. The van der Waals surface area contributed by atoms with Crippen LogP contribution < -0.4 is 10.6 Å². The Labute approximate surface area is 130 Å². The molecular weight excluding hydrogens is 278 g/mol. The number of hydrogen-bond acceptors (Lipinski definition) is 3. The summed E-state index contributed by atoms with van der Waals surface area (Å²) in [5.41, 5.74) is 0.975. The van der Waals surface area contributed by atoms with Gasteiger partial charge in [0.1, 0.15) is 12.1 Å². The molecule has 1 saturated carbocycles. The summed E-state index contributed by atoms with van der Waals surface area (Å²) >= 11 is 0. The molecule has 22 heavy (non-hydrogen) atoms. The quantitative estimate of drug-likeness (QED) is 0.910. The number of amides is 2. The number of carbonyl (C=O) groups excluding carboxylic acids is 1. The summed E-state index contributed by atoms with van der Waals surface area (Å²) in [5.74, 6) is 0.813. The summed E-state index contributed by atoms with van der Waals surface area (Å²) < 4.78 is 1.84. The van der Waals surface area contributed by atoms with Gasteiger partial charge in [-0.2, -0.15) is 0 Å². The maximum Gasteiger partial charge on any atom is 0.315 e. The summed E-state index contributed by atoms with van der Waals surface area (Å²) in [6.07, 6.45) is 12.9. The lowest BCUT2D eigenvalue weighted by atomic mass is 9.96. The van der Waals surface area contributed by atoms with Crippen LogP contribution in [0.3, 0.4) is 0 Å². The molecule has 0 unspecified atom stereocenters. The molecule has 0 bridgehead atoms. The van der Waals surface area contributed by atoms with Gasteiger partial charge in [0.05, 0.1) is 0 Å². The zero-order valence-electron chi connectivity index (χ0n) is 12.5. The average molecular weight is 299 g/mol. The molecule has 1 aliphatic carbocycles. The lowest BCUT2D eigenvalue weighted by Crippen LogP contribution is -2.42. The van der Waals surface area contributed by atoms with E-state index >= 15 is 0 Å². The molecule has 0 saturated heterocycles. The van der Waals surface area contributed by atoms with Gasteiger partial charge in [-0.05, 0) is 24.5 Å². The van der Waals surface area contributed by atoms with E-state index in [9.17, 15) is 4.79 Å². The van der Waals surface area contributed by atoms with Crippen molar-refractivity contribution in [3.8, 4) is 5.82 Å². The fraction of sp³-hybridized carbons (Fsp3) is 0.438. The first kappa shape index (κ1) is 14.6. The van der Waals surface area contributed by atoms with Crippen LogP contribution in [-0.2, 0) is 6.54 Å². The minimum atomic E-state index is -0.0920. The van der Waals surface area contributed by atoms with E-state index in [1.807, 2.05) is 22.9 Å². The molecule has 2 aromatic rings. The summed E-state index contributed by atoms with van der Waals surface area (Å²) in [5, 5.41) is 5.93. The Hall–Kier alpha value is -2.37. The van der Waals surface area contributed by atoms with E-state index in [2.05, 4.69) is 20.6 Å². The summed E-state index contributed by atoms with van der Waals surface area (Å²) in [6.45, 7) is 0.482. The normalized spacial score (nSPS) is 15.5. The zero-order valence-corrected chi connectivity index (χ0v) is 12.5. The molecule has 0 radical (unpaired) electrons. The molecule has 0 atom stereocenters. The van der Waals surface area contributed by atoms with Crippen LogP contribution in [0.15, 0.2) is 37.1 Å². The van der Waals surface area contributed by atoms with E-state index in [-0.39, 0.29) is 6.03 Å². The second-order valence-electron chi connectivity index (χ2n) is 5.66. The van der Waals surface area contributed by atoms with Gasteiger partial charge in [-0.15, -0.1) is 0 Å². The van der Waals surface area contributed by atoms with Gasteiger partial charge in [0.15, 0.2) is 0 Å². The molecule has 2 amide bonds. The van der Waals surface area contributed by atoms with Crippen molar-refractivity contribution in [1.82, 2.24) is 25.2 Å². The maximum atomic E-state index is 11.9. The van der Waals surface area contributed by atoms with Crippen LogP contribution >= 0.6 is 0 Å². The number of nitrogens with zero attached hydrogens (tertiary/aromatic N) is 3. The lowest BCUT2D eigenvalue weighted by Gasteiger charge is -2.22. The lowest BCUT2D eigenvalue weighted by molar-refractivity contribution is 0.232. The second-order valence-corrected chi connectivity index (χ2v) is 5.66. The molecule has 2 aromatic heterocycles. The zero-order chi connectivity index (χ0) is 15.2. The van der Waals surface area contributed by atoms with Crippen molar-refractivity contribution in [1.29, 1.82) is 0 Å². The first-order chi connectivity index (χ1) is 10.8. The minimum Gasteiger partial charge on any atom is -0.335 e. The Kier molecular flexibility index (Phi) is 4.68. The van der Waals surface area contributed by atoms with Crippen molar-refractivity contribution in [2.24, 2.45) is 0 Å². The monoisotopic (exact) mass is 299 g/mol. The highest BCUT2D eigenvalue weighted by Gasteiger charge is 2.15. The van der Waals surface area contributed by atoms with Crippen LogP contribution in [-0.4, -0.2) is 26.6 Å². The first-order valence-corrected chi connectivity index (χ1v) is 7.79. The summed E-state index contributed by atoms with van der Waals surface area (Å²) in [7, 11) is 0. The van der Waals surface area contributed by atoms with Gasteiger partial charge in [-0.25, -0.2) is 14.8 Å². The predicted octanol–water partition coefficient (Wildman–Crippen LogP) is 2.40. The Morgan fingerprint density at radius 3 is 2.82 bits per heavy atom. The molecule has 2 heterocycles. The third kappa shape index (κ3) is 3.84. The number of rotatable bonds is 4. The van der Waals surface area contributed by atoms with Crippen LogP contribution in [0.25, 0.3) is 5.82 Å². The van der Waals surface area contributed by atoms with Gasteiger partial charge in [-0.1, -0.05) is 25.3 Å². The number of nitrogens with one attached hydrogen (secondary N) is 2. The molecule has 6 nitrogen and oxygen atoms in total. The van der Waals surface area contributed by atoms with Crippen molar-refractivity contribution in [3.63, 3.8) is 0 Å². The van der Waals surface area contributed by atoms with E-state index in [4.69, 9.17) is 0 Å². The fourth-order valence-electron chi connectivity index (χ4n) is 2.73. The van der Waals surface area contributed by atoms with Crippen molar-refractivity contribution in [2.45, 2.75) is 44.7 Å². The van der Waals surface area contributed by atoms with Crippen LogP contribution in [0.5, 0.6) is 0 Å². The Morgan fingerprint density at radius 2 is 2.14 bits per heavy atom. The Bertz CT molecular complexity index is 588. The van der Waals surface area contributed by atoms with Crippen LogP contribution in [0.4, 0.5) is 4.79 Å². The summed E-state index contributed by atoms with van der Waals surface area (Å²) in [6, 6.07) is 4.11. The third-order valence-electron chi connectivity index (χ3n) is 3.97. The van der Waals surface area contributed by atoms with Gasteiger partial charge in [-0.3, -0.25) is 4.57 Å². The SMILES string of the molecule is O=C(NCc1ccc(-n2ccnc2)nc1)NC1CCCCC1. The highest BCUT2D eigenvalue weighted by atomic mass is 16.2. The number of aromatic nitrogens is 3. The summed E-state index contributed by atoms with van der Waals surface area (Å²) in [4.78, 5) is 20.2. The molecule has 3 rings (SSSR count). The first-order valence-electron chi connectivity index (χ1n) is 7.79. The van der Waals surface area contributed by atoms with Gasteiger partial charge in [0, 0.05) is 31.2 Å². The van der Waals surface area contributed by atoms with Crippen LogP contribution in [0, 0.1) is 0 Å². The second kappa shape index (κ2) is 7.06.